The highest BCUT2D eigenvalue weighted by molar-refractivity contribution is 6.71. The third kappa shape index (κ3) is 4.55. The minimum atomic E-state index is -0.0453. The van der Waals surface area contributed by atoms with Crippen LogP contribution in [0.3, 0.4) is 0 Å². The van der Waals surface area contributed by atoms with Crippen LogP contribution < -0.4 is 25.9 Å². The number of nitrogens with zero attached hydrogens (tertiary/aromatic N) is 1. The van der Waals surface area contributed by atoms with Crippen molar-refractivity contribution in [1.29, 1.82) is 0 Å². The minimum Gasteiger partial charge on any atom is -0.453 e. The van der Waals surface area contributed by atoms with Crippen LogP contribution in [0, 0.1) is 0 Å². The van der Waals surface area contributed by atoms with Crippen molar-refractivity contribution in [3.8, 4) is 33.8 Å². The van der Waals surface area contributed by atoms with Crippen molar-refractivity contribution in [2.24, 2.45) is 0 Å². The topological polar surface area (TPSA) is 24.5 Å². The largest absolute Gasteiger partial charge is 0.453 e. The normalized spacial score (nSPS) is 14.3. The minimum absolute atomic E-state index is 0.0453. The first-order chi connectivity index (χ1) is 26.2. The van der Waals surface area contributed by atoms with Gasteiger partial charge in [0.25, 0.3) is 0 Å². The lowest BCUT2D eigenvalue weighted by Crippen LogP contribution is -2.42. The SMILES string of the molecule is C=C1c2c(ccc3ccccc23)-c2cccc3c2C1c1cc(N(c2ccccc2)c2ccccc2)cc(-c2cccc4c2Nc2ccccc2O4)c1[B]3. The summed E-state index contributed by atoms with van der Waals surface area (Å²) in [6.07, 6.45) is 0. The number of para-hydroxylation sites is 5. The first kappa shape index (κ1) is 29.9. The first-order valence-corrected chi connectivity index (χ1v) is 18.2. The summed E-state index contributed by atoms with van der Waals surface area (Å²) in [6, 6.07) is 60.6. The molecule has 1 radical (unpaired) electrons. The molecule has 0 saturated heterocycles. The van der Waals surface area contributed by atoms with E-state index in [0.717, 1.165) is 56.6 Å². The summed E-state index contributed by atoms with van der Waals surface area (Å²) in [7, 11) is 2.40. The first-order valence-electron chi connectivity index (χ1n) is 18.2. The summed E-state index contributed by atoms with van der Waals surface area (Å²) in [6.45, 7) is 4.96. The summed E-state index contributed by atoms with van der Waals surface area (Å²) in [5, 5.41) is 6.23. The molecule has 2 heterocycles. The van der Waals surface area contributed by atoms with Crippen molar-refractivity contribution in [2.45, 2.75) is 5.92 Å². The van der Waals surface area contributed by atoms with Gasteiger partial charge in [-0.05, 0) is 104 Å². The summed E-state index contributed by atoms with van der Waals surface area (Å²) >= 11 is 0. The fraction of sp³-hybridized carbons (Fsp3) is 0.0204. The molecule has 1 unspecified atom stereocenters. The van der Waals surface area contributed by atoms with Crippen molar-refractivity contribution in [3.63, 3.8) is 0 Å². The van der Waals surface area contributed by atoms with Crippen LogP contribution >= 0.6 is 0 Å². The van der Waals surface area contributed by atoms with Crippen LogP contribution in [0.4, 0.5) is 28.4 Å². The number of benzene rings is 8. The van der Waals surface area contributed by atoms with Crippen LogP contribution in [-0.2, 0) is 0 Å². The Bertz CT molecular complexity index is 2750. The zero-order chi connectivity index (χ0) is 35.0. The molecule has 11 rings (SSSR count). The molecule has 1 N–H and O–H groups in total. The van der Waals surface area contributed by atoms with Gasteiger partial charge in [-0.3, -0.25) is 0 Å². The standard InChI is InChI=1S/C49H32BN2O/c1-30-45-35-19-9-8-14-31(35)26-27-37(45)36-20-12-22-41-47(36)46(30)40-29-34(52(32-15-4-2-5-16-32)33-17-6-3-7-18-33)28-39(48(40)50-41)38-21-13-25-44-49(38)51-42-23-10-11-24-43(42)53-44/h2-29,46,51H,1H2. The maximum Gasteiger partial charge on any atom is 0.193 e. The fourth-order valence-electron chi connectivity index (χ4n) is 8.82. The molecule has 8 aromatic rings. The van der Waals surface area contributed by atoms with Crippen molar-refractivity contribution in [1.82, 2.24) is 0 Å². The summed E-state index contributed by atoms with van der Waals surface area (Å²) < 4.78 is 6.52. The van der Waals surface area contributed by atoms with Crippen LogP contribution in [0.1, 0.15) is 22.6 Å². The molecule has 0 bridgehead atoms. The Morgan fingerprint density at radius 1 is 0.566 bits per heavy atom. The van der Waals surface area contributed by atoms with Crippen LogP contribution in [0.25, 0.3) is 38.6 Å². The Morgan fingerprint density at radius 3 is 2.09 bits per heavy atom. The molecule has 2 aliphatic heterocycles. The van der Waals surface area contributed by atoms with Crippen LogP contribution in [-0.4, -0.2) is 7.28 Å². The number of nitrogens with one attached hydrogen (secondary N) is 1. The molecule has 1 aliphatic carbocycles. The molecule has 0 fully saturated rings. The fourth-order valence-corrected chi connectivity index (χ4v) is 8.82. The van der Waals surface area contributed by atoms with E-state index in [9.17, 15) is 0 Å². The van der Waals surface area contributed by atoms with Crippen molar-refractivity contribution in [2.75, 3.05) is 10.2 Å². The molecule has 0 spiro atoms. The lowest BCUT2D eigenvalue weighted by Gasteiger charge is -2.39. The van der Waals surface area contributed by atoms with Crippen LogP contribution in [0.5, 0.6) is 11.5 Å². The summed E-state index contributed by atoms with van der Waals surface area (Å²) in [5.74, 6) is 1.59. The molecule has 0 amide bonds. The van der Waals surface area contributed by atoms with E-state index < -0.39 is 0 Å². The molecule has 0 saturated carbocycles. The monoisotopic (exact) mass is 675 g/mol. The van der Waals surface area contributed by atoms with E-state index in [0.29, 0.717) is 0 Å². The van der Waals surface area contributed by atoms with Gasteiger partial charge in [-0.15, -0.1) is 0 Å². The second kappa shape index (κ2) is 11.6. The zero-order valence-electron chi connectivity index (χ0n) is 28.9. The van der Waals surface area contributed by atoms with E-state index in [4.69, 9.17) is 11.3 Å². The van der Waals surface area contributed by atoms with E-state index in [1.807, 2.05) is 18.2 Å². The van der Waals surface area contributed by atoms with Gasteiger partial charge in [0.15, 0.2) is 18.8 Å². The summed E-state index contributed by atoms with van der Waals surface area (Å²) in [4.78, 5) is 2.37. The van der Waals surface area contributed by atoms with E-state index in [-0.39, 0.29) is 5.92 Å². The molecule has 3 aliphatic rings. The Hall–Kier alpha value is -6.78. The van der Waals surface area contributed by atoms with Gasteiger partial charge < -0.3 is 15.0 Å². The van der Waals surface area contributed by atoms with Crippen molar-refractivity contribution >= 4 is 63.0 Å². The number of hydrogen-bond donors (Lipinski definition) is 1. The van der Waals surface area contributed by atoms with Gasteiger partial charge in [0.2, 0.25) is 0 Å². The molecule has 3 nitrogen and oxygen atoms in total. The quantitative estimate of drug-likeness (QED) is 0.188. The van der Waals surface area contributed by atoms with E-state index in [2.05, 4.69) is 169 Å². The number of fused-ring (bicyclic) bond motifs is 8. The number of allylic oxidation sites excluding steroid dienone is 1. The van der Waals surface area contributed by atoms with Gasteiger partial charge in [0.05, 0.1) is 11.4 Å². The second-order valence-corrected chi connectivity index (χ2v) is 14.0. The molecule has 8 aromatic carbocycles. The van der Waals surface area contributed by atoms with Gasteiger partial charge in [-0.2, -0.15) is 0 Å². The molecule has 0 aromatic heterocycles. The number of ether oxygens (including phenoxy) is 1. The molecule has 4 heteroatoms. The Balaban J connectivity index is 1.21. The van der Waals surface area contributed by atoms with Crippen LogP contribution in [0.2, 0.25) is 0 Å². The third-order valence-corrected chi connectivity index (χ3v) is 11.1. The molecular weight excluding hydrogens is 643 g/mol. The highest BCUT2D eigenvalue weighted by Gasteiger charge is 2.38. The lowest BCUT2D eigenvalue weighted by molar-refractivity contribution is 0.481. The van der Waals surface area contributed by atoms with Crippen molar-refractivity contribution in [3.05, 3.63) is 193 Å². The lowest BCUT2D eigenvalue weighted by atomic mass is 9.49. The van der Waals surface area contributed by atoms with Gasteiger partial charge in [-0.1, -0.05) is 133 Å². The van der Waals surface area contributed by atoms with Crippen molar-refractivity contribution < 1.29 is 4.74 Å². The average Bonchev–Trinajstić information content (AvgIpc) is 3.21. The van der Waals surface area contributed by atoms with Gasteiger partial charge in [-0.25, -0.2) is 0 Å². The second-order valence-electron chi connectivity index (χ2n) is 14.0. The molecule has 53 heavy (non-hydrogen) atoms. The van der Waals surface area contributed by atoms with E-state index in [1.165, 1.54) is 49.5 Å². The molecular formula is C49H32BN2O. The molecule has 1 atom stereocenters. The van der Waals surface area contributed by atoms with Gasteiger partial charge in [0, 0.05) is 28.5 Å². The maximum absolute atomic E-state index is 6.52. The van der Waals surface area contributed by atoms with Gasteiger partial charge >= 0.3 is 0 Å². The predicted octanol–water partition coefficient (Wildman–Crippen LogP) is 11.6. The number of hydrogen-bond acceptors (Lipinski definition) is 3. The number of anilines is 5. The maximum atomic E-state index is 6.52. The van der Waals surface area contributed by atoms with E-state index >= 15 is 0 Å². The number of rotatable bonds is 4. The average molecular weight is 676 g/mol. The van der Waals surface area contributed by atoms with E-state index in [1.54, 1.807) is 0 Å². The third-order valence-electron chi connectivity index (χ3n) is 11.1. The van der Waals surface area contributed by atoms with Crippen LogP contribution in [0.15, 0.2) is 176 Å². The highest BCUT2D eigenvalue weighted by atomic mass is 16.5. The molecule has 247 valence electrons. The summed E-state index contributed by atoms with van der Waals surface area (Å²) in [5.41, 5.74) is 17.3. The Morgan fingerprint density at radius 2 is 1.26 bits per heavy atom. The van der Waals surface area contributed by atoms with Gasteiger partial charge in [0.1, 0.15) is 0 Å². The smallest absolute Gasteiger partial charge is 0.193 e. The highest BCUT2D eigenvalue weighted by Crippen LogP contribution is 2.53. The Labute approximate surface area is 309 Å². The Kier molecular flexibility index (Phi) is 6.56. The predicted molar refractivity (Wildman–Crippen MR) is 222 cm³/mol. The zero-order valence-corrected chi connectivity index (χ0v) is 28.9.